The quantitative estimate of drug-likeness (QED) is 0.422. The minimum absolute atomic E-state index is 0.734. The molecule has 0 radical (unpaired) electrons. The van der Waals surface area contributed by atoms with Crippen LogP contribution in [0.15, 0.2) is 0 Å². The highest BCUT2D eigenvalue weighted by Gasteiger charge is 1.88. The lowest BCUT2D eigenvalue weighted by Crippen LogP contribution is -2.12. The predicted molar refractivity (Wildman–Crippen MR) is 49.0 cm³/mol. The van der Waals surface area contributed by atoms with Crippen LogP contribution in [0, 0.1) is 0 Å². The Kier molecular flexibility index (Phi) is 9.93. The van der Waals surface area contributed by atoms with E-state index in [2.05, 4.69) is 12.2 Å². The number of carbonyl (C=O) groups excluding carboxylic acids is 1. The van der Waals surface area contributed by atoms with E-state index in [4.69, 9.17) is 4.74 Å². The van der Waals surface area contributed by atoms with Crippen molar-refractivity contribution < 1.29 is 9.53 Å². The monoisotopic (exact) mass is 173 g/mol. The average molecular weight is 173 g/mol. The van der Waals surface area contributed by atoms with Gasteiger partial charge in [-0.1, -0.05) is 13.3 Å². The molecule has 0 fully saturated rings. The molecule has 0 bridgehead atoms. The van der Waals surface area contributed by atoms with Crippen LogP contribution in [0.25, 0.3) is 0 Å². The Hall–Kier alpha value is -0.570. The summed E-state index contributed by atoms with van der Waals surface area (Å²) in [6.07, 6.45) is 5.10. The lowest BCUT2D eigenvalue weighted by molar-refractivity contribution is -0.109. The first-order valence-corrected chi connectivity index (χ1v) is 4.66. The molecule has 0 heterocycles. The Balaban J connectivity index is 2.77. The largest absolute Gasteiger partial charge is 0.381 e. The van der Waals surface area contributed by atoms with E-state index in [9.17, 15) is 4.79 Å². The van der Waals surface area contributed by atoms with Crippen molar-refractivity contribution in [3.05, 3.63) is 0 Å². The van der Waals surface area contributed by atoms with Gasteiger partial charge in [0.15, 0.2) is 0 Å². The molecule has 1 amide bonds. The molecule has 0 aliphatic rings. The molecule has 0 aromatic rings. The maximum absolute atomic E-state index is 9.84. The van der Waals surface area contributed by atoms with Gasteiger partial charge in [-0.25, -0.2) is 0 Å². The van der Waals surface area contributed by atoms with E-state index in [0.29, 0.717) is 0 Å². The normalized spacial score (nSPS) is 9.75. The minimum atomic E-state index is 0.734. The van der Waals surface area contributed by atoms with Gasteiger partial charge in [0, 0.05) is 19.8 Å². The summed E-state index contributed by atoms with van der Waals surface area (Å²) in [4.78, 5) is 9.84. The molecule has 0 aromatic heterocycles. The first-order valence-electron chi connectivity index (χ1n) is 4.66. The first kappa shape index (κ1) is 11.4. The summed E-state index contributed by atoms with van der Waals surface area (Å²) in [5, 5.41) is 2.61. The van der Waals surface area contributed by atoms with Gasteiger partial charge in [0.25, 0.3) is 0 Å². The molecule has 0 aromatic carbocycles. The van der Waals surface area contributed by atoms with Gasteiger partial charge in [-0.05, 0) is 19.3 Å². The number of amides is 1. The third-order valence-corrected chi connectivity index (χ3v) is 1.59. The molecule has 0 spiro atoms. The van der Waals surface area contributed by atoms with Crippen LogP contribution in [-0.2, 0) is 9.53 Å². The SMILES string of the molecule is CCCCOCCCCNC=O. The molecule has 12 heavy (non-hydrogen) atoms. The highest BCUT2D eigenvalue weighted by Crippen LogP contribution is 1.91. The van der Waals surface area contributed by atoms with Crippen LogP contribution < -0.4 is 5.32 Å². The highest BCUT2D eigenvalue weighted by molar-refractivity contribution is 5.45. The second-order valence-electron chi connectivity index (χ2n) is 2.75. The van der Waals surface area contributed by atoms with Crippen molar-refractivity contribution in [1.29, 1.82) is 0 Å². The number of carbonyl (C=O) groups is 1. The van der Waals surface area contributed by atoms with Crippen LogP contribution in [-0.4, -0.2) is 26.2 Å². The van der Waals surface area contributed by atoms with E-state index in [-0.39, 0.29) is 0 Å². The second-order valence-corrected chi connectivity index (χ2v) is 2.75. The fourth-order valence-corrected chi connectivity index (χ4v) is 0.839. The Morgan fingerprint density at radius 2 is 2.00 bits per heavy atom. The number of ether oxygens (including phenoxy) is 1. The third-order valence-electron chi connectivity index (χ3n) is 1.59. The van der Waals surface area contributed by atoms with Gasteiger partial charge < -0.3 is 10.1 Å². The number of rotatable bonds is 9. The molecule has 0 rings (SSSR count). The van der Waals surface area contributed by atoms with Gasteiger partial charge in [0.1, 0.15) is 0 Å². The van der Waals surface area contributed by atoms with E-state index in [0.717, 1.165) is 45.4 Å². The summed E-state index contributed by atoms with van der Waals surface area (Å²) in [5.41, 5.74) is 0. The van der Waals surface area contributed by atoms with E-state index in [1.165, 1.54) is 6.42 Å². The Morgan fingerprint density at radius 3 is 2.67 bits per heavy atom. The molecular weight excluding hydrogens is 154 g/mol. The summed E-state index contributed by atoms with van der Waals surface area (Å²) in [6.45, 7) is 4.61. The van der Waals surface area contributed by atoms with Crippen molar-refractivity contribution >= 4 is 6.41 Å². The molecule has 3 nitrogen and oxygen atoms in total. The molecule has 0 saturated heterocycles. The Bertz CT molecular complexity index is 96.5. The van der Waals surface area contributed by atoms with Gasteiger partial charge in [0.05, 0.1) is 0 Å². The molecule has 0 aliphatic heterocycles. The maximum atomic E-state index is 9.84. The fourth-order valence-electron chi connectivity index (χ4n) is 0.839. The molecule has 0 saturated carbocycles. The van der Waals surface area contributed by atoms with Crippen molar-refractivity contribution in [3.63, 3.8) is 0 Å². The summed E-state index contributed by atoms with van der Waals surface area (Å²) in [6, 6.07) is 0. The molecule has 0 atom stereocenters. The molecule has 3 heteroatoms. The number of hydrogen-bond donors (Lipinski definition) is 1. The van der Waals surface area contributed by atoms with Gasteiger partial charge >= 0.3 is 0 Å². The van der Waals surface area contributed by atoms with Crippen molar-refractivity contribution in [3.8, 4) is 0 Å². The highest BCUT2D eigenvalue weighted by atomic mass is 16.5. The summed E-state index contributed by atoms with van der Waals surface area (Å²) < 4.78 is 5.34. The van der Waals surface area contributed by atoms with Crippen LogP contribution in [0.2, 0.25) is 0 Å². The van der Waals surface area contributed by atoms with E-state index in [1.54, 1.807) is 0 Å². The Morgan fingerprint density at radius 1 is 1.25 bits per heavy atom. The zero-order valence-electron chi connectivity index (χ0n) is 7.84. The van der Waals surface area contributed by atoms with Gasteiger partial charge in [0.2, 0.25) is 6.41 Å². The number of hydrogen-bond acceptors (Lipinski definition) is 2. The number of nitrogens with one attached hydrogen (secondary N) is 1. The first-order chi connectivity index (χ1) is 5.91. The van der Waals surface area contributed by atoms with E-state index >= 15 is 0 Å². The van der Waals surface area contributed by atoms with E-state index in [1.807, 2.05) is 0 Å². The van der Waals surface area contributed by atoms with E-state index < -0.39 is 0 Å². The van der Waals surface area contributed by atoms with Crippen molar-refractivity contribution in [2.45, 2.75) is 32.6 Å². The lowest BCUT2D eigenvalue weighted by Gasteiger charge is -2.02. The fraction of sp³-hybridized carbons (Fsp3) is 0.889. The van der Waals surface area contributed by atoms with Crippen molar-refractivity contribution in [2.24, 2.45) is 0 Å². The molecule has 1 N–H and O–H groups in total. The molecule has 0 aliphatic carbocycles. The van der Waals surface area contributed by atoms with Crippen LogP contribution in [0.4, 0.5) is 0 Å². The maximum Gasteiger partial charge on any atom is 0.207 e. The summed E-state index contributed by atoms with van der Waals surface area (Å²) in [5.74, 6) is 0. The Labute approximate surface area is 74.5 Å². The van der Waals surface area contributed by atoms with Gasteiger partial charge in [-0.2, -0.15) is 0 Å². The summed E-state index contributed by atoms with van der Waals surface area (Å²) >= 11 is 0. The minimum Gasteiger partial charge on any atom is -0.381 e. The van der Waals surface area contributed by atoms with Crippen molar-refractivity contribution in [2.75, 3.05) is 19.8 Å². The zero-order valence-corrected chi connectivity index (χ0v) is 7.84. The van der Waals surface area contributed by atoms with Crippen LogP contribution in [0.5, 0.6) is 0 Å². The van der Waals surface area contributed by atoms with Gasteiger partial charge in [-0.15, -0.1) is 0 Å². The second kappa shape index (κ2) is 10.4. The molecule has 72 valence electrons. The smallest absolute Gasteiger partial charge is 0.207 e. The predicted octanol–water partition coefficient (Wildman–Crippen LogP) is 1.33. The van der Waals surface area contributed by atoms with Crippen LogP contribution in [0.1, 0.15) is 32.6 Å². The zero-order chi connectivity index (χ0) is 9.07. The lowest BCUT2D eigenvalue weighted by atomic mass is 10.3. The number of unbranched alkanes of at least 4 members (excludes halogenated alkanes) is 2. The van der Waals surface area contributed by atoms with Gasteiger partial charge in [-0.3, -0.25) is 4.79 Å². The third kappa shape index (κ3) is 9.43. The van der Waals surface area contributed by atoms with Crippen LogP contribution in [0.3, 0.4) is 0 Å². The van der Waals surface area contributed by atoms with Crippen LogP contribution >= 0.6 is 0 Å². The van der Waals surface area contributed by atoms with Crippen molar-refractivity contribution in [1.82, 2.24) is 5.32 Å². The average Bonchev–Trinajstić information content (AvgIpc) is 2.10. The molecule has 0 unspecified atom stereocenters. The standard InChI is InChI=1S/C9H19NO2/c1-2-3-7-12-8-5-4-6-10-9-11/h9H,2-8H2,1H3,(H,10,11). The molecular formula is C9H19NO2. The topological polar surface area (TPSA) is 38.3 Å². The summed E-state index contributed by atoms with van der Waals surface area (Å²) in [7, 11) is 0.